The first-order valence-corrected chi connectivity index (χ1v) is 4.33. The van der Waals surface area contributed by atoms with E-state index in [-0.39, 0.29) is 5.71 Å². The average molecular weight is 226 g/mol. The third-order valence-electron chi connectivity index (χ3n) is 1.46. The molecule has 0 aromatic heterocycles. The molecule has 0 radical (unpaired) electrons. The van der Waals surface area contributed by atoms with E-state index in [0.29, 0.717) is 10.7 Å². The third kappa shape index (κ3) is 3.78. The Labute approximate surface area is 91.0 Å². The monoisotopic (exact) mass is 225 g/mol. The molecule has 0 aliphatic carbocycles. The Morgan fingerprint density at radius 3 is 2.07 bits per heavy atom. The van der Waals surface area contributed by atoms with Gasteiger partial charge in [-0.25, -0.2) is 4.99 Å². The molecule has 0 aliphatic rings. The molecule has 0 saturated heterocycles. The van der Waals surface area contributed by atoms with Crippen molar-refractivity contribution in [1.82, 2.24) is 0 Å². The van der Waals surface area contributed by atoms with E-state index in [0.717, 1.165) is 12.4 Å². The Morgan fingerprint density at radius 1 is 1.07 bits per heavy atom. The zero-order valence-corrected chi connectivity index (χ0v) is 8.33. The molecule has 5 nitrogen and oxygen atoms in total. The normalized spacial score (nSPS) is 11.0. The molecule has 0 atom stereocenters. The molecule has 0 fully saturated rings. The summed E-state index contributed by atoms with van der Waals surface area (Å²) in [5.41, 5.74) is 0.816. The van der Waals surface area contributed by atoms with E-state index in [4.69, 9.17) is 22.0 Å². The summed E-state index contributed by atoms with van der Waals surface area (Å²) in [7, 11) is 0. The van der Waals surface area contributed by atoms with Gasteiger partial charge >= 0.3 is 0 Å². The van der Waals surface area contributed by atoms with Crippen LogP contribution < -0.4 is 0 Å². The third-order valence-corrected chi connectivity index (χ3v) is 1.72. The highest BCUT2D eigenvalue weighted by molar-refractivity contribution is 6.56. The number of oxime groups is 2. The highest BCUT2D eigenvalue weighted by atomic mass is 35.5. The van der Waals surface area contributed by atoms with Crippen molar-refractivity contribution < 1.29 is 10.4 Å². The van der Waals surface area contributed by atoms with Gasteiger partial charge in [-0.15, -0.1) is 0 Å². The van der Waals surface area contributed by atoms with Crippen molar-refractivity contribution in [3.8, 4) is 0 Å². The summed E-state index contributed by atoms with van der Waals surface area (Å²) in [5.74, 6) is 0. The summed E-state index contributed by atoms with van der Waals surface area (Å²) < 4.78 is 0. The average Bonchev–Trinajstić information content (AvgIpc) is 2.22. The van der Waals surface area contributed by atoms with E-state index in [9.17, 15) is 0 Å². The van der Waals surface area contributed by atoms with Crippen molar-refractivity contribution >= 4 is 35.4 Å². The number of benzene rings is 1. The summed E-state index contributed by atoms with van der Waals surface area (Å²) in [5, 5.41) is 22.8. The highest BCUT2D eigenvalue weighted by Gasteiger charge is 1.94. The van der Waals surface area contributed by atoms with E-state index in [2.05, 4.69) is 15.3 Å². The molecule has 0 heterocycles. The van der Waals surface area contributed by atoms with Crippen molar-refractivity contribution in [2.75, 3.05) is 0 Å². The van der Waals surface area contributed by atoms with Gasteiger partial charge in [0.15, 0.2) is 0 Å². The smallest absolute Gasteiger partial charge is 0.107 e. The van der Waals surface area contributed by atoms with Crippen LogP contribution in [0.2, 0.25) is 5.02 Å². The van der Waals surface area contributed by atoms with Gasteiger partial charge in [-0.3, -0.25) is 0 Å². The standard InChI is InChI=1S/C9H8ClN3O2/c10-7-1-3-8(4-2-7)13-9(5-11-14)6-12-15/h1-6,14-15H. The van der Waals surface area contributed by atoms with E-state index in [1.807, 2.05) is 0 Å². The van der Waals surface area contributed by atoms with Crippen LogP contribution >= 0.6 is 11.6 Å². The van der Waals surface area contributed by atoms with E-state index in [1.54, 1.807) is 24.3 Å². The number of nitrogens with zero attached hydrogens (tertiary/aromatic N) is 3. The van der Waals surface area contributed by atoms with Crippen LogP contribution in [-0.4, -0.2) is 28.6 Å². The van der Waals surface area contributed by atoms with Gasteiger partial charge in [0.25, 0.3) is 0 Å². The van der Waals surface area contributed by atoms with Gasteiger partial charge in [0.1, 0.15) is 5.71 Å². The first-order chi connectivity index (χ1) is 7.26. The molecule has 0 spiro atoms. The maximum Gasteiger partial charge on any atom is 0.107 e. The van der Waals surface area contributed by atoms with Crippen molar-refractivity contribution in [2.45, 2.75) is 0 Å². The van der Waals surface area contributed by atoms with Crippen LogP contribution in [0.25, 0.3) is 0 Å². The minimum atomic E-state index is 0.210. The minimum absolute atomic E-state index is 0.210. The fourth-order valence-electron chi connectivity index (χ4n) is 0.874. The lowest BCUT2D eigenvalue weighted by Crippen LogP contribution is -2.00. The quantitative estimate of drug-likeness (QED) is 0.471. The highest BCUT2D eigenvalue weighted by Crippen LogP contribution is 2.15. The van der Waals surface area contributed by atoms with Gasteiger partial charge in [0.05, 0.1) is 18.1 Å². The SMILES string of the molecule is ON=CC(C=NO)=Nc1ccc(Cl)cc1. The minimum Gasteiger partial charge on any atom is -0.411 e. The second-order valence-corrected chi connectivity index (χ2v) is 2.94. The molecule has 15 heavy (non-hydrogen) atoms. The largest absolute Gasteiger partial charge is 0.411 e. The second kappa shape index (κ2) is 5.77. The van der Waals surface area contributed by atoms with Crippen LogP contribution in [-0.2, 0) is 0 Å². The van der Waals surface area contributed by atoms with E-state index >= 15 is 0 Å². The Bertz CT molecular complexity index is 384. The Morgan fingerprint density at radius 2 is 1.60 bits per heavy atom. The van der Waals surface area contributed by atoms with Gasteiger partial charge in [-0.1, -0.05) is 21.9 Å². The van der Waals surface area contributed by atoms with E-state index < -0.39 is 0 Å². The van der Waals surface area contributed by atoms with Gasteiger partial charge in [-0.2, -0.15) is 0 Å². The van der Waals surface area contributed by atoms with Gasteiger partial charge in [-0.05, 0) is 24.3 Å². The number of rotatable bonds is 3. The predicted molar refractivity (Wildman–Crippen MR) is 59.1 cm³/mol. The van der Waals surface area contributed by atoms with Crippen LogP contribution in [0, 0.1) is 0 Å². The molecular weight excluding hydrogens is 218 g/mol. The van der Waals surface area contributed by atoms with Gasteiger partial charge < -0.3 is 10.4 Å². The molecule has 78 valence electrons. The maximum absolute atomic E-state index is 8.31. The number of hydrogen-bond donors (Lipinski definition) is 2. The maximum atomic E-state index is 8.31. The first kappa shape index (κ1) is 11.2. The van der Waals surface area contributed by atoms with Crippen LogP contribution in [0.5, 0.6) is 0 Å². The topological polar surface area (TPSA) is 77.5 Å². The molecule has 0 unspecified atom stereocenters. The van der Waals surface area contributed by atoms with Gasteiger partial charge in [0.2, 0.25) is 0 Å². The molecule has 0 saturated carbocycles. The number of aliphatic imine (C=N–C) groups is 1. The number of halogens is 1. The zero-order valence-electron chi connectivity index (χ0n) is 7.58. The lowest BCUT2D eigenvalue weighted by molar-refractivity contribution is 0.321. The Kier molecular flexibility index (Phi) is 4.30. The molecule has 1 aromatic rings. The number of hydrogen-bond acceptors (Lipinski definition) is 5. The summed E-state index contributed by atoms with van der Waals surface area (Å²) in [4.78, 5) is 4.02. The summed E-state index contributed by atoms with van der Waals surface area (Å²) in [6.07, 6.45) is 2.10. The molecule has 1 aromatic carbocycles. The second-order valence-electron chi connectivity index (χ2n) is 2.50. The molecule has 6 heteroatoms. The fourth-order valence-corrected chi connectivity index (χ4v) is 1.00. The first-order valence-electron chi connectivity index (χ1n) is 3.95. The molecule has 1 rings (SSSR count). The fraction of sp³-hybridized carbons (Fsp3) is 0. The molecular formula is C9H8ClN3O2. The molecule has 0 amide bonds. The summed E-state index contributed by atoms with van der Waals surface area (Å²) in [6, 6.07) is 6.70. The van der Waals surface area contributed by atoms with Crippen LogP contribution in [0.3, 0.4) is 0 Å². The predicted octanol–water partition coefficient (Wildman–Crippen LogP) is 2.33. The molecule has 0 bridgehead atoms. The summed E-state index contributed by atoms with van der Waals surface area (Å²) >= 11 is 5.69. The van der Waals surface area contributed by atoms with Crippen molar-refractivity contribution in [2.24, 2.45) is 15.3 Å². The Hall–Kier alpha value is -1.88. The van der Waals surface area contributed by atoms with Crippen LogP contribution in [0.1, 0.15) is 0 Å². The zero-order chi connectivity index (χ0) is 11.1. The van der Waals surface area contributed by atoms with Crippen LogP contribution in [0.15, 0.2) is 39.6 Å². The summed E-state index contributed by atoms with van der Waals surface area (Å²) in [6.45, 7) is 0. The van der Waals surface area contributed by atoms with Gasteiger partial charge in [0, 0.05) is 5.02 Å². The van der Waals surface area contributed by atoms with Crippen LogP contribution in [0.4, 0.5) is 5.69 Å². The van der Waals surface area contributed by atoms with E-state index in [1.165, 1.54) is 0 Å². The molecule has 2 N–H and O–H groups in total. The molecule has 0 aliphatic heterocycles. The lowest BCUT2D eigenvalue weighted by atomic mass is 10.3. The van der Waals surface area contributed by atoms with Crippen molar-refractivity contribution in [3.63, 3.8) is 0 Å². The van der Waals surface area contributed by atoms with Crippen molar-refractivity contribution in [3.05, 3.63) is 29.3 Å². The lowest BCUT2D eigenvalue weighted by Gasteiger charge is -1.94. The Balaban J connectivity index is 2.96. The van der Waals surface area contributed by atoms with Crippen molar-refractivity contribution in [1.29, 1.82) is 0 Å².